The lowest BCUT2D eigenvalue weighted by molar-refractivity contribution is 0.115. The first kappa shape index (κ1) is 16.3. The fourth-order valence-corrected chi connectivity index (χ4v) is 2.50. The molecule has 1 fully saturated rings. The molecule has 0 spiro atoms. The van der Waals surface area contributed by atoms with Gasteiger partial charge in [0, 0.05) is 38.3 Å². The van der Waals surface area contributed by atoms with Crippen molar-refractivity contribution in [2.24, 2.45) is 10.9 Å². The van der Waals surface area contributed by atoms with Crippen molar-refractivity contribution in [2.45, 2.75) is 19.4 Å². The SMILES string of the molecule is CN=C(NCc1cccc(Br)c1)N(C)CCOCC1CC1. The van der Waals surface area contributed by atoms with Gasteiger partial charge >= 0.3 is 0 Å². The van der Waals surface area contributed by atoms with Gasteiger partial charge < -0.3 is 15.0 Å². The van der Waals surface area contributed by atoms with Gasteiger partial charge in [0.2, 0.25) is 0 Å². The molecule has 1 saturated carbocycles. The average molecular weight is 354 g/mol. The monoisotopic (exact) mass is 353 g/mol. The van der Waals surface area contributed by atoms with Crippen LogP contribution in [0.5, 0.6) is 0 Å². The van der Waals surface area contributed by atoms with E-state index in [1.807, 2.05) is 26.2 Å². The van der Waals surface area contributed by atoms with Crippen molar-refractivity contribution in [1.82, 2.24) is 10.2 Å². The molecule has 0 bridgehead atoms. The van der Waals surface area contributed by atoms with Crippen LogP contribution < -0.4 is 5.32 Å². The molecule has 1 aliphatic rings. The number of guanidine groups is 1. The molecule has 0 amide bonds. The quantitative estimate of drug-likeness (QED) is 0.465. The second kappa shape index (κ2) is 8.39. The summed E-state index contributed by atoms with van der Waals surface area (Å²) in [6, 6.07) is 8.28. The molecule has 1 aromatic rings. The standard InChI is InChI=1S/C16H24BrN3O/c1-18-16(19-11-14-4-3-5-15(17)10-14)20(2)8-9-21-12-13-6-7-13/h3-5,10,13H,6-9,11-12H2,1-2H3,(H,18,19). The van der Waals surface area contributed by atoms with Gasteiger partial charge in [-0.2, -0.15) is 0 Å². The molecule has 0 aromatic heterocycles. The van der Waals surface area contributed by atoms with Crippen LogP contribution in [0.2, 0.25) is 0 Å². The van der Waals surface area contributed by atoms with Crippen LogP contribution in [-0.4, -0.2) is 44.7 Å². The van der Waals surface area contributed by atoms with Crippen molar-refractivity contribution in [3.63, 3.8) is 0 Å². The van der Waals surface area contributed by atoms with E-state index in [1.54, 1.807) is 0 Å². The van der Waals surface area contributed by atoms with E-state index >= 15 is 0 Å². The fourth-order valence-electron chi connectivity index (χ4n) is 2.05. The molecule has 0 atom stereocenters. The van der Waals surface area contributed by atoms with Gasteiger partial charge in [-0.1, -0.05) is 28.1 Å². The van der Waals surface area contributed by atoms with E-state index in [2.05, 4.69) is 43.3 Å². The predicted molar refractivity (Wildman–Crippen MR) is 90.5 cm³/mol. The summed E-state index contributed by atoms with van der Waals surface area (Å²) in [6.07, 6.45) is 2.68. The summed E-state index contributed by atoms with van der Waals surface area (Å²) in [5.41, 5.74) is 1.23. The van der Waals surface area contributed by atoms with Crippen molar-refractivity contribution >= 4 is 21.9 Å². The van der Waals surface area contributed by atoms with Gasteiger partial charge in [-0.3, -0.25) is 4.99 Å². The smallest absolute Gasteiger partial charge is 0.193 e. The summed E-state index contributed by atoms with van der Waals surface area (Å²) >= 11 is 3.49. The topological polar surface area (TPSA) is 36.9 Å². The number of hydrogen-bond donors (Lipinski definition) is 1. The number of ether oxygens (including phenoxy) is 1. The molecule has 116 valence electrons. The number of benzene rings is 1. The molecule has 0 saturated heterocycles. The number of rotatable bonds is 7. The minimum atomic E-state index is 0.755. The maximum absolute atomic E-state index is 5.67. The first-order chi connectivity index (χ1) is 10.2. The highest BCUT2D eigenvalue weighted by Crippen LogP contribution is 2.28. The summed E-state index contributed by atoms with van der Waals surface area (Å²) in [4.78, 5) is 6.42. The van der Waals surface area contributed by atoms with Crippen LogP contribution in [0.15, 0.2) is 33.7 Å². The Kier molecular flexibility index (Phi) is 6.51. The number of likely N-dealkylation sites (N-methyl/N-ethyl adjacent to an activating group) is 1. The minimum absolute atomic E-state index is 0.755. The van der Waals surface area contributed by atoms with Crippen molar-refractivity contribution in [1.29, 1.82) is 0 Å². The normalized spacial score (nSPS) is 15.1. The highest BCUT2D eigenvalue weighted by atomic mass is 79.9. The van der Waals surface area contributed by atoms with Gasteiger partial charge in [0.1, 0.15) is 0 Å². The summed E-state index contributed by atoms with van der Waals surface area (Å²) in [6.45, 7) is 3.28. The molecule has 4 nitrogen and oxygen atoms in total. The van der Waals surface area contributed by atoms with E-state index in [-0.39, 0.29) is 0 Å². The second-order valence-electron chi connectivity index (χ2n) is 5.47. The summed E-state index contributed by atoms with van der Waals surface area (Å²) in [5, 5.41) is 3.37. The van der Waals surface area contributed by atoms with E-state index in [1.165, 1.54) is 18.4 Å². The van der Waals surface area contributed by atoms with E-state index in [9.17, 15) is 0 Å². The maximum atomic E-state index is 5.67. The van der Waals surface area contributed by atoms with Gasteiger partial charge in [-0.05, 0) is 36.5 Å². The maximum Gasteiger partial charge on any atom is 0.193 e. The molecule has 5 heteroatoms. The van der Waals surface area contributed by atoms with E-state index in [4.69, 9.17) is 4.74 Å². The molecule has 1 N–H and O–H groups in total. The third-order valence-electron chi connectivity index (χ3n) is 3.53. The molecule has 1 aromatic carbocycles. The van der Waals surface area contributed by atoms with Crippen LogP contribution in [0.4, 0.5) is 0 Å². The predicted octanol–water partition coefficient (Wildman–Crippen LogP) is 2.88. The van der Waals surface area contributed by atoms with Crippen LogP contribution in [0.25, 0.3) is 0 Å². The number of hydrogen-bond acceptors (Lipinski definition) is 2. The molecule has 0 aliphatic heterocycles. The Hall–Kier alpha value is -1.07. The third kappa shape index (κ3) is 6.06. The molecule has 0 radical (unpaired) electrons. The first-order valence-electron chi connectivity index (χ1n) is 7.43. The molecule has 1 aliphatic carbocycles. The zero-order valence-corrected chi connectivity index (χ0v) is 14.4. The summed E-state index contributed by atoms with van der Waals surface area (Å²) in [7, 11) is 3.85. The highest BCUT2D eigenvalue weighted by molar-refractivity contribution is 9.10. The average Bonchev–Trinajstić information content (AvgIpc) is 3.28. The Balaban J connectivity index is 1.70. The van der Waals surface area contributed by atoms with Crippen LogP contribution >= 0.6 is 15.9 Å². The Morgan fingerprint density at radius 2 is 2.29 bits per heavy atom. The Bertz CT molecular complexity index is 474. The number of aliphatic imine (C=N–C) groups is 1. The van der Waals surface area contributed by atoms with Gasteiger partial charge in [0.15, 0.2) is 5.96 Å². The van der Waals surface area contributed by atoms with Crippen LogP contribution in [-0.2, 0) is 11.3 Å². The third-order valence-corrected chi connectivity index (χ3v) is 4.03. The highest BCUT2D eigenvalue weighted by Gasteiger charge is 2.21. The van der Waals surface area contributed by atoms with Gasteiger partial charge in [-0.25, -0.2) is 0 Å². The number of nitrogens with zero attached hydrogens (tertiary/aromatic N) is 2. The molecule has 21 heavy (non-hydrogen) atoms. The Labute approximate surface area is 135 Å². The zero-order chi connectivity index (χ0) is 15.1. The fraction of sp³-hybridized carbons (Fsp3) is 0.562. The lowest BCUT2D eigenvalue weighted by Crippen LogP contribution is -2.40. The van der Waals surface area contributed by atoms with Crippen LogP contribution in [0.3, 0.4) is 0 Å². The zero-order valence-electron chi connectivity index (χ0n) is 12.8. The van der Waals surface area contributed by atoms with E-state index < -0.39 is 0 Å². The number of halogens is 1. The van der Waals surface area contributed by atoms with Crippen LogP contribution in [0, 0.1) is 5.92 Å². The number of nitrogens with one attached hydrogen (secondary N) is 1. The summed E-state index contributed by atoms with van der Waals surface area (Å²) < 4.78 is 6.77. The minimum Gasteiger partial charge on any atom is -0.379 e. The van der Waals surface area contributed by atoms with Crippen LogP contribution in [0.1, 0.15) is 18.4 Å². The van der Waals surface area contributed by atoms with Crippen molar-refractivity contribution < 1.29 is 4.74 Å². The van der Waals surface area contributed by atoms with Crippen molar-refractivity contribution in [2.75, 3.05) is 33.9 Å². The molecule has 2 rings (SSSR count). The first-order valence-corrected chi connectivity index (χ1v) is 8.22. The van der Waals surface area contributed by atoms with Gasteiger partial charge in [0.05, 0.1) is 6.61 Å². The molecule has 0 heterocycles. The second-order valence-corrected chi connectivity index (χ2v) is 6.39. The lowest BCUT2D eigenvalue weighted by Gasteiger charge is -2.22. The molecule has 0 unspecified atom stereocenters. The lowest BCUT2D eigenvalue weighted by atomic mass is 10.2. The largest absolute Gasteiger partial charge is 0.379 e. The van der Waals surface area contributed by atoms with Crippen molar-refractivity contribution in [3.05, 3.63) is 34.3 Å². The molecular formula is C16H24BrN3O. The summed E-state index contributed by atoms with van der Waals surface area (Å²) in [5.74, 6) is 1.72. The van der Waals surface area contributed by atoms with Gasteiger partial charge in [-0.15, -0.1) is 0 Å². The van der Waals surface area contributed by atoms with Crippen molar-refractivity contribution in [3.8, 4) is 0 Å². The Morgan fingerprint density at radius 1 is 1.48 bits per heavy atom. The molecular weight excluding hydrogens is 330 g/mol. The van der Waals surface area contributed by atoms with Gasteiger partial charge in [0.25, 0.3) is 0 Å². The van der Waals surface area contributed by atoms with E-state index in [0.717, 1.165) is 42.7 Å². The van der Waals surface area contributed by atoms with E-state index in [0.29, 0.717) is 0 Å². The Morgan fingerprint density at radius 3 is 2.95 bits per heavy atom.